The minimum absolute atomic E-state index is 0.512. The van der Waals surface area contributed by atoms with Gasteiger partial charge in [0.2, 0.25) is 0 Å². The van der Waals surface area contributed by atoms with E-state index in [1.807, 2.05) is 0 Å². The van der Waals surface area contributed by atoms with Crippen LogP contribution in [-0.4, -0.2) is 25.7 Å². The molecule has 0 spiro atoms. The van der Waals surface area contributed by atoms with Crippen LogP contribution in [0.1, 0.15) is 6.92 Å². The standard InChI is InChI=1S/C5H13N2O/c1-5(8)4-7-3-2-6/h5,7H,2-4,6H2,1H3. The first-order valence-corrected chi connectivity index (χ1v) is 2.84. The van der Waals surface area contributed by atoms with E-state index in [0.29, 0.717) is 13.1 Å². The van der Waals surface area contributed by atoms with Gasteiger partial charge in [0.1, 0.15) is 6.10 Å². The second-order valence-corrected chi connectivity index (χ2v) is 1.80. The van der Waals surface area contributed by atoms with Gasteiger partial charge in [0, 0.05) is 19.6 Å². The minimum Gasteiger partial charge on any atom is -0.329 e. The van der Waals surface area contributed by atoms with Gasteiger partial charge in [-0.15, -0.1) is 0 Å². The van der Waals surface area contributed by atoms with E-state index in [2.05, 4.69) is 5.32 Å². The Balaban J connectivity index is 2.72. The summed E-state index contributed by atoms with van der Waals surface area (Å²) < 4.78 is 0. The molecule has 0 aliphatic rings. The first-order valence-electron chi connectivity index (χ1n) is 2.84. The Labute approximate surface area is 49.9 Å². The molecule has 0 saturated heterocycles. The van der Waals surface area contributed by atoms with Gasteiger partial charge in [-0.1, -0.05) is 0 Å². The van der Waals surface area contributed by atoms with Crippen molar-refractivity contribution in [1.82, 2.24) is 5.32 Å². The number of nitrogens with two attached hydrogens (primary N) is 1. The summed E-state index contributed by atoms with van der Waals surface area (Å²) in [6.45, 7) is 3.50. The van der Waals surface area contributed by atoms with Gasteiger partial charge in [0.05, 0.1) is 0 Å². The molecule has 0 aliphatic heterocycles. The molecule has 0 aromatic rings. The van der Waals surface area contributed by atoms with Crippen LogP contribution in [0.4, 0.5) is 0 Å². The van der Waals surface area contributed by atoms with E-state index in [-0.39, 0.29) is 0 Å². The molecule has 0 heterocycles. The molecule has 0 amide bonds. The molecule has 3 N–H and O–H groups in total. The first kappa shape index (κ1) is 7.88. The fourth-order valence-electron chi connectivity index (χ4n) is 0.407. The van der Waals surface area contributed by atoms with E-state index < -0.39 is 6.10 Å². The predicted octanol–water partition coefficient (Wildman–Crippen LogP) is -0.646. The molecule has 0 bridgehead atoms. The molecule has 8 heavy (non-hydrogen) atoms. The van der Waals surface area contributed by atoms with Crippen molar-refractivity contribution in [1.29, 1.82) is 0 Å². The molecule has 3 heteroatoms. The Kier molecular flexibility index (Phi) is 4.95. The zero-order valence-corrected chi connectivity index (χ0v) is 5.18. The van der Waals surface area contributed by atoms with Crippen LogP contribution in [0.15, 0.2) is 0 Å². The van der Waals surface area contributed by atoms with E-state index in [1.165, 1.54) is 0 Å². The fourth-order valence-corrected chi connectivity index (χ4v) is 0.407. The van der Waals surface area contributed by atoms with Crippen LogP contribution in [0.25, 0.3) is 0 Å². The summed E-state index contributed by atoms with van der Waals surface area (Å²) in [7, 11) is 0. The molecule has 1 atom stereocenters. The van der Waals surface area contributed by atoms with Crippen molar-refractivity contribution < 1.29 is 5.11 Å². The van der Waals surface area contributed by atoms with Gasteiger partial charge >= 0.3 is 0 Å². The SMILES string of the molecule is CC([O])CNCCN. The van der Waals surface area contributed by atoms with Gasteiger partial charge in [-0.2, -0.15) is 0 Å². The van der Waals surface area contributed by atoms with Crippen LogP contribution in [-0.2, 0) is 5.11 Å². The Bertz CT molecular complexity index is 47.7. The fraction of sp³-hybridized carbons (Fsp3) is 1.00. The van der Waals surface area contributed by atoms with E-state index in [0.717, 1.165) is 6.54 Å². The van der Waals surface area contributed by atoms with Crippen LogP contribution in [0, 0.1) is 0 Å². The number of hydrogen-bond donors (Lipinski definition) is 2. The van der Waals surface area contributed by atoms with Crippen molar-refractivity contribution in [2.24, 2.45) is 5.73 Å². The molecule has 49 valence electrons. The largest absolute Gasteiger partial charge is 0.329 e. The summed E-state index contributed by atoms with van der Waals surface area (Å²) in [4.78, 5) is 0. The van der Waals surface area contributed by atoms with E-state index in [4.69, 9.17) is 5.73 Å². The van der Waals surface area contributed by atoms with Gasteiger partial charge in [0.25, 0.3) is 0 Å². The normalized spacial score (nSPS) is 13.9. The highest BCUT2D eigenvalue weighted by molar-refractivity contribution is 4.51. The van der Waals surface area contributed by atoms with Crippen molar-refractivity contribution in [3.8, 4) is 0 Å². The zero-order chi connectivity index (χ0) is 6.41. The topological polar surface area (TPSA) is 58.0 Å². The lowest BCUT2D eigenvalue weighted by Gasteiger charge is -2.01. The Morgan fingerprint density at radius 3 is 2.75 bits per heavy atom. The van der Waals surface area contributed by atoms with E-state index in [9.17, 15) is 5.11 Å². The Morgan fingerprint density at radius 2 is 2.38 bits per heavy atom. The molecule has 0 saturated carbocycles. The van der Waals surface area contributed by atoms with Gasteiger partial charge in [-0.3, -0.25) is 0 Å². The van der Waals surface area contributed by atoms with Crippen LogP contribution >= 0.6 is 0 Å². The average Bonchev–Trinajstić information content (AvgIpc) is 1.66. The van der Waals surface area contributed by atoms with E-state index >= 15 is 0 Å². The van der Waals surface area contributed by atoms with Gasteiger partial charge in [-0.05, 0) is 6.92 Å². The van der Waals surface area contributed by atoms with Gasteiger partial charge in [-0.25, -0.2) is 5.11 Å². The molecule has 0 aromatic heterocycles. The molecule has 0 fully saturated rings. The van der Waals surface area contributed by atoms with Gasteiger partial charge < -0.3 is 11.1 Å². The van der Waals surface area contributed by atoms with Crippen LogP contribution < -0.4 is 11.1 Å². The third-order valence-electron chi connectivity index (χ3n) is 0.753. The van der Waals surface area contributed by atoms with Crippen molar-refractivity contribution >= 4 is 0 Å². The molecule has 0 rings (SSSR count). The van der Waals surface area contributed by atoms with Crippen molar-refractivity contribution in [2.75, 3.05) is 19.6 Å². The molecule has 1 unspecified atom stereocenters. The molecule has 1 radical (unpaired) electrons. The summed E-state index contributed by atoms with van der Waals surface area (Å²) in [6, 6.07) is 0. The van der Waals surface area contributed by atoms with Gasteiger partial charge in [0.15, 0.2) is 0 Å². The maximum atomic E-state index is 10.3. The average molecular weight is 117 g/mol. The first-order chi connectivity index (χ1) is 3.77. The monoisotopic (exact) mass is 117 g/mol. The number of rotatable bonds is 4. The quantitative estimate of drug-likeness (QED) is 0.481. The lowest BCUT2D eigenvalue weighted by Crippen LogP contribution is -2.28. The smallest absolute Gasteiger partial charge is 0.103 e. The Hall–Kier alpha value is -0.120. The lowest BCUT2D eigenvalue weighted by molar-refractivity contribution is 0.105. The summed E-state index contributed by atoms with van der Waals surface area (Å²) in [6.07, 6.45) is -0.512. The third-order valence-corrected chi connectivity index (χ3v) is 0.753. The highest BCUT2D eigenvalue weighted by atomic mass is 16.3. The van der Waals surface area contributed by atoms with Crippen LogP contribution in [0.2, 0.25) is 0 Å². The highest BCUT2D eigenvalue weighted by Gasteiger charge is 1.92. The second-order valence-electron chi connectivity index (χ2n) is 1.80. The van der Waals surface area contributed by atoms with Crippen molar-refractivity contribution in [3.05, 3.63) is 0 Å². The molecular weight excluding hydrogens is 104 g/mol. The van der Waals surface area contributed by atoms with Crippen molar-refractivity contribution in [3.63, 3.8) is 0 Å². The third kappa shape index (κ3) is 5.88. The molecule has 3 nitrogen and oxygen atoms in total. The highest BCUT2D eigenvalue weighted by Crippen LogP contribution is 1.73. The Morgan fingerprint density at radius 1 is 1.75 bits per heavy atom. The van der Waals surface area contributed by atoms with E-state index in [1.54, 1.807) is 6.92 Å². The number of nitrogens with one attached hydrogen (secondary N) is 1. The number of hydrogen-bond acceptors (Lipinski definition) is 2. The molecular formula is C5H13N2O. The van der Waals surface area contributed by atoms with Crippen LogP contribution in [0.5, 0.6) is 0 Å². The summed E-state index contributed by atoms with van der Waals surface area (Å²) in [5.74, 6) is 0. The molecule has 0 aromatic carbocycles. The lowest BCUT2D eigenvalue weighted by atomic mass is 10.4. The maximum Gasteiger partial charge on any atom is 0.103 e. The minimum atomic E-state index is -0.512. The van der Waals surface area contributed by atoms with Crippen molar-refractivity contribution in [2.45, 2.75) is 13.0 Å². The summed E-state index contributed by atoms with van der Waals surface area (Å²) in [5.41, 5.74) is 5.15. The van der Waals surface area contributed by atoms with Crippen LogP contribution in [0.3, 0.4) is 0 Å². The second kappa shape index (κ2) is 5.03. The summed E-state index contributed by atoms with van der Waals surface area (Å²) >= 11 is 0. The summed E-state index contributed by atoms with van der Waals surface area (Å²) in [5, 5.41) is 13.2. The maximum absolute atomic E-state index is 10.3. The zero-order valence-electron chi connectivity index (χ0n) is 5.18. The predicted molar refractivity (Wildman–Crippen MR) is 32.1 cm³/mol. The molecule has 0 aliphatic carbocycles.